The quantitative estimate of drug-likeness (QED) is 0.277. The highest BCUT2D eigenvalue weighted by atomic mass is 32.2. The standard InChI is InChI=1S/C31H37FN4O7S/c1-17-10-11-20(22(32)12-17)15-33-26(38)23(34-27(39)25(18(2)37)35-29(41)31(3,4)5)16-43-21-9-7-8-19(13-21)14-24-28(40)36(6)30(42)44-24/h7-14,18,23,25,37H,15-16H2,1-6H3,(H,33,38)(H,34,39)(H,35,41)/t18-,23?,25+/m1/s1. The number of halogens is 1. The van der Waals surface area contributed by atoms with Crippen molar-refractivity contribution in [1.29, 1.82) is 0 Å². The largest absolute Gasteiger partial charge is 0.491 e. The molecule has 3 atom stereocenters. The molecule has 1 heterocycles. The fraction of sp³-hybridized carbons (Fsp3) is 0.387. The van der Waals surface area contributed by atoms with Crippen molar-refractivity contribution in [3.8, 4) is 5.75 Å². The number of benzene rings is 2. The third-order valence-electron chi connectivity index (χ3n) is 6.59. The number of aryl methyl sites for hydroxylation is 1. The molecule has 236 valence electrons. The highest BCUT2D eigenvalue weighted by molar-refractivity contribution is 8.18. The van der Waals surface area contributed by atoms with Crippen molar-refractivity contribution in [1.82, 2.24) is 20.9 Å². The Labute approximate surface area is 259 Å². The Kier molecular flexibility index (Phi) is 11.3. The number of carbonyl (C=O) groups excluding carboxylic acids is 5. The molecule has 1 saturated heterocycles. The second kappa shape index (κ2) is 14.5. The monoisotopic (exact) mass is 628 g/mol. The van der Waals surface area contributed by atoms with Gasteiger partial charge in [-0.3, -0.25) is 28.9 Å². The Balaban J connectivity index is 1.79. The molecule has 5 amide bonds. The number of hydrogen-bond donors (Lipinski definition) is 4. The van der Waals surface area contributed by atoms with E-state index < -0.39 is 58.3 Å². The number of likely N-dealkylation sites (N-methyl/N-ethyl adjacent to an activating group) is 1. The minimum absolute atomic E-state index is 0.167. The molecule has 0 saturated carbocycles. The second-order valence-corrected chi connectivity index (χ2v) is 12.4. The van der Waals surface area contributed by atoms with Crippen LogP contribution in [0.2, 0.25) is 0 Å². The first kappa shape index (κ1) is 34.3. The van der Waals surface area contributed by atoms with Crippen molar-refractivity contribution in [3.05, 3.63) is 69.9 Å². The molecule has 1 aliphatic heterocycles. The Morgan fingerprint density at radius 2 is 1.80 bits per heavy atom. The van der Waals surface area contributed by atoms with Crippen molar-refractivity contribution in [2.75, 3.05) is 13.7 Å². The average Bonchev–Trinajstić information content (AvgIpc) is 3.18. The van der Waals surface area contributed by atoms with E-state index in [4.69, 9.17) is 4.74 Å². The third-order valence-corrected chi connectivity index (χ3v) is 7.55. The van der Waals surface area contributed by atoms with Gasteiger partial charge in [0.25, 0.3) is 11.1 Å². The van der Waals surface area contributed by atoms with E-state index in [9.17, 15) is 33.5 Å². The van der Waals surface area contributed by atoms with Gasteiger partial charge in [-0.05, 0) is 61.0 Å². The van der Waals surface area contributed by atoms with E-state index in [1.54, 1.807) is 64.1 Å². The summed E-state index contributed by atoms with van der Waals surface area (Å²) in [5.41, 5.74) is 0.652. The summed E-state index contributed by atoms with van der Waals surface area (Å²) in [6.45, 7) is 7.47. The summed E-state index contributed by atoms with van der Waals surface area (Å²) in [6, 6.07) is 8.43. The van der Waals surface area contributed by atoms with Crippen molar-refractivity contribution < 1.29 is 38.2 Å². The predicted octanol–water partition coefficient (Wildman–Crippen LogP) is 2.89. The molecule has 0 aromatic heterocycles. The Morgan fingerprint density at radius 1 is 1.09 bits per heavy atom. The van der Waals surface area contributed by atoms with Crippen LogP contribution in [0.3, 0.4) is 0 Å². The maximum absolute atomic E-state index is 14.4. The summed E-state index contributed by atoms with van der Waals surface area (Å²) in [7, 11) is 1.39. The molecule has 0 aliphatic carbocycles. The van der Waals surface area contributed by atoms with Crippen LogP contribution < -0.4 is 20.7 Å². The van der Waals surface area contributed by atoms with Crippen LogP contribution in [0.1, 0.15) is 44.4 Å². The van der Waals surface area contributed by atoms with Crippen molar-refractivity contribution in [2.24, 2.45) is 5.41 Å². The first-order valence-electron chi connectivity index (χ1n) is 13.8. The number of aliphatic hydroxyl groups excluding tert-OH is 1. The molecule has 44 heavy (non-hydrogen) atoms. The fourth-order valence-corrected chi connectivity index (χ4v) is 4.71. The smallest absolute Gasteiger partial charge is 0.293 e. The van der Waals surface area contributed by atoms with Gasteiger partial charge in [0.05, 0.1) is 11.0 Å². The van der Waals surface area contributed by atoms with Gasteiger partial charge in [-0.2, -0.15) is 0 Å². The van der Waals surface area contributed by atoms with Gasteiger partial charge in [0.2, 0.25) is 17.7 Å². The van der Waals surface area contributed by atoms with Crippen LogP contribution in [0.15, 0.2) is 47.4 Å². The first-order valence-corrected chi connectivity index (χ1v) is 14.6. The van der Waals surface area contributed by atoms with Crippen molar-refractivity contribution in [2.45, 2.75) is 59.4 Å². The number of amides is 5. The van der Waals surface area contributed by atoms with Gasteiger partial charge in [0.15, 0.2) is 0 Å². The molecular weight excluding hydrogens is 591 g/mol. The van der Waals surface area contributed by atoms with Gasteiger partial charge >= 0.3 is 0 Å². The van der Waals surface area contributed by atoms with Crippen LogP contribution in [0.25, 0.3) is 6.08 Å². The number of aliphatic hydroxyl groups is 1. The molecule has 1 fully saturated rings. The van der Waals surface area contributed by atoms with E-state index in [-0.39, 0.29) is 23.6 Å². The van der Waals surface area contributed by atoms with Crippen LogP contribution in [-0.4, -0.2) is 70.7 Å². The lowest BCUT2D eigenvalue weighted by Gasteiger charge is -2.27. The molecule has 1 unspecified atom stereocenters. The normalized spacial score (nSPS) is 16.4. The SMILES string of the molecule is Cc1ccc(CNC(=O)C(COc2cccc(C=C3SC(=O)N(C)C3=O)c2)NC(=O)[C@@H](NC(=O)C(C)(C)C)[C@@H](C)O)c(F)c1. The summed E-state index contributed by atoms with van der Waals surface area (Å²) in [4.78, 5) is 64.4. The van der Waals surface area contributed by atoms with Gasteiger partial charge in [-0.1, -0.05) is 45.0 Å². The summed E-state index contributed by atoms with van der Waals surface area (Å²) >= 11 is 0.807. The minimum Gasteiger partial charge on any atom is -0.491 e. The van der Waals surface area contributed by atoms with E-state index in [0.29, 0.717) is 16.9 Å². The number of imide groups is 1. The molecule has 3 rings (SSSR count). The first-order chi connectivity index (χ1) is 20.6. The van der Waals surface area contributed by atoms with Crippen LogP contribution in [0.5, 0.6) is 5.75 Å². The van der Waals surface area contributed by atoms with Crippen molar-refractivity contribution >= 4 is 46.7 Å². The highest BCUT2D eigenvalue weighted by Gasteiger charge is 2.34. The molecule has 0 spiro atoms. The predicted molar refractivity (Wildman–Crippen MR) is 164 cm³/mol. The van der Waals surface area contributed by atoms with Crippen molar-refractivity contribution in [3.63, 3.8) is 0 Å². The van der Waals surface area contributed by atoms with E-state index in [0.717, 1.165) is 16.7 Å². The lowest BCUT2D eigenvalue weighted by molar-refractivity contribution is -0.137. The topological polar surface area (TPSA) is 154 Å². The third kappa shape index (κ3) is 9.13. The summed E-state index contributed by atoms with van der Waals surface area (Å²) in [5.74, 6) is -2.65. The molecule has 2 aromatic carbocycles. The van der Waals surface area contributed by atoms with Gasteiger partial charge in [-0.25, -0.2) is 4.39 Å². The van der Waals surface area contributed by atoms with E-state index >= 15 is 0 Å². The van der Waals surface area contributed by atoms with Gasteiger partial charge in [-0.15, -0.1) is 0 Å². The number of ether oxygens (including phenoxy) is 1. The molecule has 0 radical (unpaired) electrons. The zero-order valence-electron chi connectivity index (χ0n) is 25.4. The molecule has 11 nitrogen and oxygen atoms in total. The van der Waals surface area contributed by atoms with E-state index in [1.807, 2.05) is 0 Å². The maximum Gasteiger partial charge on any atom is 0.293 e. The Hall–Kier alpha value is -4.23. The second-order valence-electron chi connectivity index (χ2n) is 11.4. The van der Waals surface area contributed by atoms with Crippen LogP contribution in [0.4, 0.5) is 9.18 Å². The number of nitrogens with one attached hydrogen (secondary N) is 3. The molecule has 2 aromatic rings. The minimum atomic E-state index is -1.37. The number of rotatable bonds is 11. The molecule has 13 heteroatoms. The average molecular weight is 629 g/mol. The summed E-state index contributed by atoms with van der Waals surface area (Å²) < 4.78 is 20.2. The van der Waals surface area contributed by atoms with Crippen LogP contribution in [0, 0.1) is 18.2 Å². The number of nitrogens with zero attached hydrogens (tertiary/aromatic N) is 1. The lowest BCUT2D eigenvalue weighted by atomic mass is 9.94. The van der Waals surface area contributed by atoms with Gasteiger partial charge < -0.3 is 25.8 Å². The van der Waals surface area contributed by atoms with E-state index in [1.165, 1.54) is 26.1 Å². The van der Waals surface area contributed by atoms with Crippen LogP contribution in [-0.2, 0) is 25.7 Å². The lowest BCUT2D eigenvalue weighted by Crippen LogP contribution is -2.59. The van der Waals surface area contributed by atoms with Gasteiger partial charge in [0.1, 0.15) is 30.3 Å². The highest BCUT2D eigenvalue weighted by Crippen LogP contribution is 2.31. The number of thioether (sulfide) groups is 1. The Morgan fingerprint density at radius 3 is 2.39 bits per heavy atom. The maximum atomic E-state index is 14.4. The fourth-order valence-electron chi connectivity index (χ4n) is 3.88. The summed E-state index contributed by atoms with van der Waals surface area (Å²) in [6.07, 6.45) is 0.244. The zero-order valence-corrected chi connectivity index (χ0v) is 26.2. The van der Waals surface area contributed by atoms with Crippen LogP contribution >= 0.6 is 11.8 Å². The van der Waals surface area contributed by atoms with E-state index in [2.05, 4.69) is 16.0 Å². The zero-order chi connectivity index (χ0) is 32.8. The summed E-state index contributed by atoms with van der Waals surface area (Å²) in [5, 5.41) is 17.5. The Bertz CT molecular complexity index is 1470. The number of carbonyl (C=O) groups is 5. The molecule has 1 aliphatic rings. The molecule has 0 bridgehead atoms. The van der Waals surface area contributed by atoms with Gasteiger partial charge in [0, 0.05) is 24.6 Å². The number of hydrogen-bond acceptors (Lipinski definition) is 8. The molecule has 4 N–H and O–H groups in total. The molecular formula is C31H37FN4O7S.